The second-order valence-corrected chi connectivity index (χ2v) is 5.67. The van der Waals surface area contributed by atoms with Crippen molar-refractivity contribution in [1.29, 1.82) is 0 Å². The first-order chi connectivity index (χ1) is 8.66. The zero-order chi connectivity index (χ0) is 12.7. The van der Waals surface area contributed by atoms with Crippen molar-refractivity contribution in [2.45, 2.75) is 6.92 Å². The van der Waals surface area contributed by atoms with Crippen molar-refractivity contribution in [2.24, 2.45) is 0 Å². The average Bonchev–Trinajstić information content (AvgIpc) is 2.95. The molecule has 0 unspecified atom stereocenters. The standard InChI is InChI=1S/C10H10N4O2S2/c1-6-8(13-2-3-18-10(13)11-6)9(16)12-14-5-17-4-7(14)15/h2-3H,4-5H2,1H3,(H,12,16). The van der Waals surface area contributed by atoms with E-state index in [4.69, 9.17) is 0 Å². The van der Waals surface area contributed by atoms with E-state index in [1.807, 2.05) is 5.38 Å². The van der Waals surface area contributed by atoms with Gasteiger partial charge in [-0.05, 0) is 6.92 Å². The number of nitrogens with one attached hydrogen (secondary N) is 1. The number of carbonyl (C=O) groups excluding carboxylic acids is 2. The predicted molar refractivity (Wildman–Crippen MR) is 69.4 cm³/mol. The van der Waals surface area contributed by atoms with E-state index in [0.717, 1.165) is 4.96 Å². The Kier molecular flexibility index (Phi) is 2.75. The van der Waals surface area contributed by atoms with Gasteiger partial charge in [-0.2, -0.15) is 0 Å². The van der Waals surface area contributed by atoms with Crippen LogP contribution in [0, 0.1) is 6.92 Å². The maximum absolute atomic E-state index is 12.2. The third-order valence-corrected chi connectivity index (χ3v) is 4.28. The molecule has 18 heavy (non-hydrogen) atoms. The molecule has 1 fully saturated rings. The summed E-state index contributed by atoms with van der Waals surface area (Å²) >= 11 is 2.95. The van der Waals surface area contributed by atoms with Crippen LogP contribution in [0.3, 0.4) is 0 Å². The highest BCUT2D eigenvalue weighted by Crippen LogP contribution is 2.18. The summed E-state index contributed by atoms with van der Waals surface area (Å²) in [5.41, 5.74) is 3.77. The van der Waals surface area contributed by atoms with Crippen LogP contribution in [0.25, 0.3) is 4.96 Å². The maximum Gasteiger partial charge on any atom is 0.288 e. The van der Waals surface area contributed by atoms with E-state index in [2.05, 4.69) is 10.4 Å². The summed E-state index contributed by atoms with van der Waals surface area (Å²) in [6, 6.07) is 0. The van der Waals surface area contributed by atoms with Gasteiger partial charge in [0.1, 0.15) is 5.69 Å². The number of nitrogens with zero attached hydrogens (tertiary/aromatic N) is 3. The SMILES string of the molecule is Cc1nc2sccn2c1C(=O)NN1CSCC1=O. The van der Waals surface area contributed by atoms with Gasteiger partial charge in [-0.3, -0.25) is 19.4 Å². The molecule has 94 valence electrons. The Morgan fingerprint density at radius 3 is 3.11 bits per heavy atom. The zero-order valence-corrected chi connectivity index (χ0v) is 11.2. The summed E-state index contributed by atoms with van der Waals surface area (Å²) in [5, 5.41) is 3.22. The van der Waals surface area contributed by atoms with Crippen molar-refractivity contribution in [1.82, 2.24) is 19.8 Å². The lowest BCUT2D eigenvalue weighted by Crippen LogP contribution is -2.43. The smallest absolute Gasteiger partial charge is 0.286 e. The number of carbonyl (C=O) groups is 2. The number of thiazole rings is 1. The van der Waals surface area contributed by atoms with Gasteiger partial charge in [-0.15, -0.1) is 23.1 Å². The summed E-state index contributed by atoms with van der Waals surface area (Å²) in [5.74, 6) is 0.542. The fraction of sp³-hybridized carbons (Fsp3) is 0.300. The topological polar surface area (TPSA) is 66.7 Å². The molecule has 0 spiro atoms. The lowest BCUT2D eigenvalue weighted by atomic mass is 10.3. The molecule has 2 aromatic heterocycles. The minimum atomic E-state index is -0.297. The van der Waals surface area contributed by atoms with E-state index in [-0.39, 0.29) is 11.8 Å². The van der Waals surface area contributed by atoms with Gasteiger partial charge in [0.15, 0.2) is 4.96 Å². The molecule has 1 saturated heterocycles. The molecule has 0 saturated carbocycles. The van der Waals surface area contributed by atoms with E-state index in [1.54, 1.807) is 17.5 Å². The van der Waals surface area contributed by atoms with Gasteiger partial charge in [0.25, 0.3) is 11.8 Å². The number of fused-ring (bicyclic) bond motifs is 1. The van der Waals surface area contributed by atoms with E-state index < -0.39 is 0 Å². The van der Waals surface area contributed by atoms with Crippen LogP contribution in [-0.4, -0.2) is 37.8 Å². The Morgan fingerprint density at radius 2 is 2.39 bits per heavy atom. The number of aryl methyl sites for hydroxylation is 1. The summed E-state index contributed by atoms with van der Waals surface area (Å²) in [6.45, 7) is 1.79. The van der Waals surface area contributed by atoms with Crippen molar-refractivity contribution in [3.05, 3.63) is 23.0 Å². The van der Waals surface area contributed by atoms with Crippen LogP contribution in [-0.2, 0) is 4.79 Å². The van der Waals surface area contributed by atoms with Gasteiger partial charge < -0.3 is 0 Å². The predicted octanol–water partition coefficient (Wildman–Crippen LogP) is 0.882. The Balaban J connectivity index is 1.89. The average molecular weight is 282 g/mol. The maximum atomic E-state index is 12.2. The zero-order valence-electron chi connectivity index (χ0n) is 9.54. The number of imidazole rings is 1. The highest BCUT2D eigenvalue weighted by Gasteiger charge is 2.25. The molecule has 1 aliphatic rings. The number of hydrazine groups is 1. The van der Waals surface area contributed by atoms with Gasteiger partial charge in [0.05, 0.1) is 17.3 Å². The van der Waals surface area contributed by atoms with Crippen molar-refractivity contribution in [2.75, 3.05) is 11.6 Å². The first-order valence-corrected chi connectivity index (χ1v) is 7.31. The summed E-state index contributed by atoms with van der Waals surface area (Å²) in [7, 11) is 0. The third-order valence-electron chi connectivity index (χ3n) is 2.63. The normalized spacial score (nSPS) is 15.6. The molecule has 2 aromatic rings. The third kappa shape index (κ3) is 1.77. The fourth-order valence-electron chi connectivity index (χ4n) is 1.81. The quantitative estimate of drug-likeness (QED) is 0.888. The first-order valence-electron chi connectivity index (χ1n) is 5.28. The van der Waals surface area contributed by atoms with Gasteiger partial charge in [-0.1, -0.05) is 0 Å². The number of aromatic nitrogens is 2. The number of rotatable bonds is 2. The molecule has 6 nitrogen and oxygen atoms in total. The number of thioether (sulfide) groups is 1. The first kappa shape index (κ1) is 11.5. The molecule has 3 heterocycles. The number of hydrogen-bond donors (Lipinski definition) is 1. The minimum absolute atomic E-state index is 0.0721. The van der Waals surface area contributed by atoms with E-state index in [1.165, 1.54) is 28.1 Å². The fourth-order valence-corrected chi connectivity index (χ4v) is 3.38. The Hall–Kier alpha value is -1.54. The van der Waals surface area contributed by atoms with Crippen molar-refractivity contribution in [3.8, 4) is 0 Å². The van der Waals surface area contributed by atoms with Gasteiger partial charge in [0, 0.05) is 11.6 Å². The molecule has 1 aliphatic heterocycles. The molecule has 0 atom stereocenters. The molecule has 0 bridgehead atoms. The van der Waals surface area contributed by atoms with Crippen LogP contribution in [0.15, 0.2) is 11.6 Å². The number of amides is 2. The molecule has 0 aromatic carbocycles. The molecule has 1 N–H and O–H groups in total. The lowest BCUT2D eigenvalue weighted by molar-refractivity contribution is -0.128. The molecular formula is C10H10N4O2S2. The molecule has 0 aliphatic carbocycles. The molecular weight excluding hydrogens is 272 g/mol. The van der Waals surface area contributed by atoms with Crippen molar-refractivity contribution < 1.29 is 9.59 Å². The van der Waals surface area contributed by atoms with E-state index in [0.29, 0.717) is 23.0 Å². The van der Waals surface area contributed by atoms with Crippen molar-refractivity contribution >= 4 is 39.9 Å². The molecule has 2 amide bonds. The van der Waals surface area contributed by atoms with Gasteiger partial charge in [-0.25, -0.2) is 9.99 Å². The molecule has 3 rings (SSSR count). The van der Waals surface area contributed by atoms with Gasteiger partial charge >= 0.3 is 0 Å². The summed E-state index contributed by atoms with van der Waals surface area (Å²) < 4.78 is 1.74. The summed E-state index contributed by atoms with van der Waals surface area (Å²) in [6.07, 6.45) is 1.80. The van der Waals surface area contributed by atoms with Crippen molar-refractivity contribution in [3.63, 3.8) is 0 Å². The second kappa shape index (κ2) is 4.29. The monoisotopic (exact) mass is 282 g/mol. The van der Waals surface area contributed by atoms with Crippen LogP contribution in [0.1, 0.15) is 16.2 Å². The van der Waals surface area contributed by atoms with Gasteiger partial charge in [0.2, 0.25) is 0 Å². The highest BCUT2D eigenvalue weighted by molar-refractivity contribution is 8.00. The van der Waals surface area contributed by atoms with E-state index in [9.17, 15) is 9.59 Å². The van der Waals surface area contributed by atoms with E-state index >= 15 is 0 Å². The van der Waals surface area contributed by atoms with Crippen LogP contribution in [0.5, 0.6) is 0 Å². The van der Waals surface area contributed by atoms with Crippen LogP contribution >= 0.6 is 23.1 Å². The van der Waals surface area contributed by atoms with Crippen LogP contribution in [0.4, 0.5) is 0 Å². The largest absolute Gasteiger partial charge is 0.288 e. The minimum Gasteiger partial charge on any atom is -0.286 e. The Labute approximate surface area is 111 Å². The number of hydrogen-bond acceptors (Lipinski definition) is 5. The second-order valence-electron chi connectivity index (χ2n) is 3.84. The lowest BCUT2D eigenvalue weighted by Gasteiger charge is -2.15. The molecule has 0 radical (unpaired) electrons. The molecule has 8 heteroatoms. The Morgan fingerprint density at radius 1 is 1.56 bits per heavy atom. The van der Waals surface area contributed by atoms with Crippen LogP contribution in [0.2, 0.25) is 0 Å². The summed E-state index contributed by atoms with van der Waals surface area (Å²) in [4.78, 5) is 28.7. The highest BCUT2D eigenvalue weighted by atomic mass is 32.2. The Bertz CT molecular complexity index is 633. The van der Waals surface area contributed by atoms with Crippen LogP contribution < -0.4 is 5.43 Å².